The molecule has 140 valence electrons. The molecule has 0 spiro atoms. The first-order valence-corrected chi connectivity index (χ1v) is 8.87. The highest BCUT2D eigenvalue weighted by atomic mass is 16.1. The predicted molar refractivity (Wildman–Crippen MR) is 102 cm³/mol. The minimum absolute atomic E-state index is 0.232. The van der Waals surface area contributed by atoms with E-state index in [-0.39, 0.29) is 17.5 Å². The van der Waals surface area contributed by atoms with Gasteiger partial charge in [0, 0.05) is 30.2 Å². The number of aromatic nitrogens is 2. The lowest BCUT2D eigenvalue weighted by Crippen LogP contribution is -2.55. The molecule has 1 saturated carbocycles. The van der Waals surface area contributed by atoms with Gasteiger partial charge in [-0.2, -0.15) is 4.98 Å². The number of nitrogens with one attached hydrogen (secondary N) is 2. The summed E-state index contributed by atoms with van der Waals surface area (Å²) in [5.41, 5.74) is 12.8. The van der Waals surface area contributed by atoms with Crippen molar-refractivity contribution in [1.82, 2.24) is 9.97 Å². The molecule has 1 saturated heterocycles. The number of carbonyl (C=O) groups is 2. The van der Waals surface area contributed by atoms with Gasteiger partial charge < -0.3 is 27.0 Å². The van der Waals surface area contributed by atoms with E-state index in [1.54, 1.807) is 0 Å². The second-order valence-electron chi connectivity index (χ2n) is 6.81. The van der Waals surface area contributed by atoms with Crippen LogP contribution in [0, 0.1) is 0 Å². The Bertz CT molecular complexity index is 880. The first kappa shape index (κ1) is 17.1. The number of carbonyl (C=O) groups excluding carboxylic acids is 2. The lowest BCUT2D eigenvalue weighted by molar-refractivity contribution is -0.120. The zero-order chi connectivity index (χ0) is 19.0. The fourth-order valence-corrected chi connectivity index (χ4v) is 3.01. The molecule has 9 heteroatoms. The van der Waals surface area contributed by atoms with Gasteiger partial charge in [-0.3, -0.25) is 9.59 Å². The van der Waals surface area contributed by atoms with Gasteiger partial charge in [0.1, 0.15) is 11.9 Å². The number of hydrogen-bond donors (Lipinski definition) is 4. The number of rotatable bonds is 7. The van der Waals surface area contributed by atoms with Crippen LogP contribution in [0.3, 0.4) is 0 Å². The van der Waals surface area contributed by atoms with Crippen molar-refractivity contribution in [1.29, 1.82) is 0 Å². The third-order valence-corrected chi connectivity index (χ3v) is 4.78. The summed E-state index contributed by atoms with van der Waals surface area (Å²) in [6, 6.07) is 7.69. The zero-order valence-electron chi connectivity index (χ0n) is 14.7. The summed E-state index contributed by atoms with van der Waals surface area (Å²) in [7, 11) is 0. The van der Waals surface area contributed by atoms with Crippen LogP contribution >= 0.6 is 0 Å². The Kier molecular flexibility index (Phi) is 4.27. The Morgan fingerprint density at radius 2 is 1.85 bits per heavy atom. The first-order chi connectivity index (χ1) is 13.0. The molecule has 0 radical (unpaired) electrons. The van der Waals surface area contributed by atoms with Gasteiger partial charge in [0.15, 0.2) is 0 Å². The minimum atomic E-state index is -0.562. The zero-order valence-corrected chi connectivity index (χ0v) is 14.7. The maximum atomic E-state index is 11.5. The van der Waals surface area contributed by atoms with Gasteiger partial charge in [-0.1, -0.05) is 0 Å². The number of hydrogen-bond acceptors (Lipinski definition) is 7. The van der Waals surface area contributed by atoms with Crippen LogP contribution in [0.25, 0.3) is 0 Å². The maximum Gasteiger partial charge on any atom is 0.254 e. The van der Waals surface area contributed by atoms with Crippen LogP contribution in [0.5, 0.6) is 0 Å². The normalized spacial score (nSPS) is 18.5. The van der Waals surface area contributed by atoms with Crippen molar-refractivity contribution >= 4 is 35.0 Å². The van der Waals surface area contributed by atoms with Crippen molar-refractivity contribution in [3.63, 3.8) is 0 Å². The van der Waals surface area contributed by atoms with Crippen molar-refractivity contribution < 1.29 is 9.59 Å². The summed E-state index contributed by atoms with van der Waals surface area (Å²) >= 11 is 0. The van der Waals surface area contributed by atoms with E-state index in [9.17, 15) is 9.59 Å². The topological polar surface area (TPSA) is 139 Å². The molecule has 27 heavy (non-hydrogen) atoms. The number of amides is 2. The van der Waals surface area contributed by atoms with Crippen molar-refractivity contribution in [3.05, 3.63) is 36.0 Å². The molecule has 2 amide bonds. The fraction of sp³-hybridized carbons (Fsp3) is 0.333. The van der Waals surface area contributed by atoms with E-state index < -0.39 is 5.91 Å². The van der Waals surface area contributed by atoms with Crippen LogP contribution in [-0.4, -0.2) is 40.4 Å². The summed E-state index contributed by atoms with van der Waals surface area (Å²) in [5.74, 6) is -0.0476. The van der Waals surface area contributed by atoms with E-state index in [2.05, 4.69) is 20.6 Å². The lowest BCUT2D eigenvalue weighted by Gasteiger charge is -2.40. The summed E-state index contributed by atoms with van der Waals surface area (Å²) in [6.45, 7) is 0.814. The summed E-state index contributed by atoms with van der Waals surface area (Å²) in [4.78, 5) is 33.4. The van der Waals surface area contributed by atoms with Crippen LogP contribution in [-0.2, 0) is 4.79 Å². The van der Waals surface area contributed by atoms with Gasteiger partial charge in [-0.05, 0) is 43.5 Å². The molecule has 9 nitrogen and oxygen atoms in total. The average molecular weight is 367 g/mol. The van der Waals surface area contributed by atoms with E-state index in [0.717, 1.165) is 37.2 Å². The Morgan fingerprint density at radius 3 is 2.41 bits per heavy atom. The molecule has 0 bridgehead atoms. The molecule has 1 aromatic carbocycles. The summed E-state index contributed by atoms with van der Waals surface area (Å²) < 4.78 is 0. The van der Waals surface area contributed by atoms with E-state index in [1.165, 1.54) is 6.20 Å². The largest absolute Gasteiger partial charge is 0.368 e. The molecule has 2 aliphatic rings. The van der Waals surface area contributed by atoms with E-state index in [0.29, 0.717) is 17.8 Å². The molecule has 2 heterocycles. The number of nitrogens with two attached hydrogens (primary N) is 2. The molecular weight excluding hydrogens is 346 g/mol. The Balaban J connectivity index is 1.48. The molecule has 6 N–H and O–H groups in total. The molecule has 2 aromatic rings. The van der Waals surface area contributed by atoms with Gasteiger partial charge in [0.25, 0.3) is 5.91 Å². The van der Waals surface area contributed by atoms with Gasteiger partial charge in [0.05, 0.1) is 5.56 Å². The second kappa shape index (κ2) is 6.75. The van der Waals surface area contributed by atoms with Crippen LogP contribution in [0.4, 0.5) is 23.1 Å². The van der Waals surface area contributed by atoms with Crippen LogP contribution in [0.15, 0.2) is 30.5 Å². The van der Waals surface area contributed by atoms with Gasteiger partial charge in [-0.15, -0.1) is 0 Å². The molecule has 4 rings (SSSR count). The molecule has 1 aliphatic carbocycles. The molecule has 2 fully saturated rings. The highest BCUT2D eigenvalue weighted by molar-refractivity contribution is 5.97. The van der Waals surface area contributed by atoms with Crippen molar-refractivity contribution in [2.24, 2.45) is 11.5 Å². The number of primary amides is 2. The second-order valence-corrected chi connectivity index (χ2v) is 6.81. The molecule has 1 atom stereocenters. The third kappa shape index (κ3) is 3.62. The summed E-state index contributed by atoms with van der Waals surface area (Å²) in [5, 5.41) is 6.32. The van der Waals surface area contributed by atoms with Gasteiger partial charge in [-0.25, -0.2) is 4.98 Å². The highest BCUT2D eigenvalue weighted by Gasteiger charge is 2.32. The van der Waals surface area contributed by atoms with E-state index in [1.807, 2.05) is 29.2 Å². The average Bonchev–Trinajstić information content (AvgIpc) is 3.39. The van der Waals surface area contributed by atoms with E-state index in [4.69, 9.17) is 11.5 Å². The number of benzene rings is 1. The molecule has 1 aliphatic heterocycles. The minimum Gasteiger partial charge on any atom is -0.368 e. The van der Waals surface area contributed by atoms with Crippen molar-refractivity contribution in [3.8, 4) is 0 Å². The third-order valence-electron chi connectivity index (χ3n) is 4.78. The quantitative estimate of drug-likeness (QED) is 0.571. The van der Waals surface area contributed by atoms with Gasteiger partial charge >= 0.3 is 0 Å². The van der Waals surface area contributed by atoms with Gasteiger partial charge in [0.2, 0.25) is 11.9 Å². The number of anilines is 4. The molecular formula is C18H21N7O2. The SMILES string of the molecule is NC(=O)c1cnc(Nc2ccc(N3CCC3C(N)=O)cc2)nc1NC1CC1. The highest BCUT2D eigenvalue weighted by Crippen LogP contribution is 2.29. The number of nitrogens with zero attached hydrogens (tertiary/aromatic N) is 3. The van der Waals surface area contributed by atoms with Crippen molar-refractivity contribution in [2.75, 3.05) is 22.1 Å². The Hall–Kier alpha value is -3.36. The Morgan fingerprint density at radius 1 is 1.11 bits per heavy atom. The Labute approximate surface area is 156 Å². The van der Waals surface area contributed by atoms with E-state index >= 15 is 0 Å². The summed E-state index contributed by atoms with van der Waals surface area (Å²) in [6.07, 6.45) is 4.31. The molecule has 1 aromatic heterocycles. The smallest absolute Gasteiger partial charge is 0.254 e. The molecule has 1 unspecified atom stereocenters. The predicted octanol–water partition coefficient (Wildman–Crippen LogP) is 0.957. The lowest BCUT2D eigenvalue weighted by atomic mass is 10.0. The van der Waals surface area contributed by atoms with Crippen LogP contribution in [0.2, 0.25) is 0 Å². The standard InChI is InChI=1S/C18H21N7O2/c19-15(26)13-9-21-18(24-17(13)22-10-1-2-10)23-11-3-5-12(6-4-11)25-8-7-14(25)16(20)27/h3-6,9-10,14H,1-2,7-8H2,(H2,19,26)(H2,20,27)(H2,21,22,23,24). The maximum absolute atomic E-state index is 11.5. The van der Waals surface area contributed by atoms with Crippen molar-refractivity contribution in [2.45, 2.75) is 31.3 Å². The fourth-order valence-electron chi connectivity index (χ4n) is 3.01. The van der Waals surface area contributed by atoms with Crippen LogP contribution < -0.4 is 27.0 Å². The first-order valence-electron chi connectivity index (χ1n) is 8.87. The monoisotopic (exact) mass is 367 g/mol. The van der Waals surface area contributed by atoms with Crippen LogP contribution in [0.1, 0.15) is 29.6 Å².